The molecule has 0 bridgehead atoms. The molecular formula is C16H12ClNO2. The SMILES string of the molecule is Cc1ccc(CN2C(=O)c3ccccc3C2=O)cc1Cl. The fraction of sp³-hybridized carbons (Fsp3) is 0.125. The molecule has 4 heteroatoms. The molecule has 0 atom stereocenters. The van der Waals surface area contributed by atoms with E-state index in [2.05, 4.69) is 0 Å². The third-order valence-electron chi connectivity index (χ3n) is 3.46. The molecule has 0 saturated heterocycles. The quantitative estimate of drug-likeness (QED) is 0.793. The van der Waals surface area contributed by atoms with Gasteiger partial charge in [-0.05, 0) is 36.2 Å². The zero-order valence-corrected chi connectivity index (χ0v) is 11.6. The van der Waals surface area contributed by atoms with Crippen molar-refractivity contribution in [3.05, 3.63) is 69.7 Å². The van der Waals surface area contributed by atoms with Crippen LogP contribution in [-0.2, 0) is 6.54 Å². The highest BCUT2D eigenvalue weighted by Gasteiger charge is 2.34. The minimum atomic E-state index is -0.248. The summed E-state index contributed by atoms with van der Waals surface area (Å²) in [4.78, 5) is 25.7. The minimum absolute atomic E-state index is 0.242. The summed E-state index contributed by atoms with van der Waals surface area (Å²) in [5.74, 6) is -0.496. The van der Waals surface area contributed by atoms with E-state index in [1.807, 2.05) is 19.1 Å². The molecule has 100 valence electrons. The third kappa shape index (κ3) is 2.00. The highest BCUT2D eigenvalue weighted by atomic mass is 35.5. The molecule has 2 amide bonds. The first-order valence-electron chi connectivity index (χ1n) is 6.28. The molecule has 0 aromatic heterocycles. The lowest BCUT2D eigenvalue weighted by atomic mass is 10.1. The van der Waals surface area contributed by atoms with Crippen LogP contribution in [0.4, 0.5) is 0 Å². The lowest BCUT2D eigenvalue weighted by Gasteiger charge is -2.14. The Hall–Kier alpha value is -2.13. The Morgan fingerprint density at radius 1 is 1.00 bits per heavy atom. The van der Waals surface area contributed by atoms with E-state index in [0.717, 1.165) is 11.1 Å². The van der Waals surface area contributed by atoms with E-state index in [-0.39, 0.29) is 18.4 Å². The number of aryl methyl sites for hydroxylation is 1. The molecule has 0 N–H and O–H groups in total. The number of benzene rings is 2. The second-order valence-electron chi connectivity index (χ2n) is 4.83. The smallest absolute Gasteiger partial charge is 0.261 e. The molecule has 0 spiro atoms. The van der Waals surface area contributed by atoms with Crippen molar-refractivity contribution in [2.75, 3.05) is 0 Å². The van der Waals surface area contributed by atoms with Crippen molar-refractivity contribution in [1.29, 1.82) is 0 Å². The molecule has 0 radical (unpaired) electrons. The Labute approximate surface area is 121 Å². The van der Waals surface area contributed by atoms with Gasteiger partial charge in [-0.15, -0.1) is 0 Å². The van der Waals surface area contributed by atoms with Crippen LogP contribution in [0.2, 0.25) is 5.02 Å². The summed E-state index contributed by atoms with van der Waals surface area (Å²) >= 11 is 6.07. The van der Waals surface area contributed by atoms with Gasteiger partial charge in [-0.1, -0.05) is 35.9 Å². The summed E-state index contributed by atoms with van der Waals surface area (Å²) in [5, 5.41) is 0.638. The van der Waals surface area contributed by atoms with Crippen LogP contribution in [0.25, 0.3) is 0 Å². The van der Waals surface area contributed by atoms with E-state index in [1.165, 1.54) is 4.90 Å². The van der Waals surface area contributed by atoms with Crippen molar-refractivity contribution in [3.8, 4) is 0 Å². The minimum Gasteiger partial charge on any atom is -0.270 e. The molecule has 20 heavy (non-hydrogen) atoms. The van der Waals surface area contributed by atoms with Crippen LogP contribution < -0.4 is 0 Å². The summed E-state index contributed by atoms with van der Waals surface area (Å²) in [6.45, 7) is 2.15. The average Bonchev–Trinajstić information content (AvgIpc) is 2.69. The number of hydrogen-bond donors (Lipinski definition) is 0. The van der Waals surface area contributed by atoms with Gasteiger partial charge in [-0.25, -0.2) is 0 Å². The molecule has 0 unspecified atom stereocenters. The molecule has 2 aromatic rings. The van der Waals surface area contributed by atoms with Gasteiger partial charge in [-0.2, -0.15) is 0 Å². The van der Waals surface area contributed by atoms with Crippen molar-refractivity contribution in [2.45, 2.75) is 13.5 Å². The van der Waals surface area contributed by atoms with Crippen LogP contribution in [0, 0.1) is 6.92 Å². The molecule has 2 aromatic carbocycles. The lowest BCUT2D eigenvalue weighted by Crippen LogP contribution is -2.29. The number of nitrogens with zero attached hydrogens (tertiary/aromatic N) is 1. The van der Waals surface area contributed by atoms with Gasteiger partial charge in [0, 0.05) is 5.02 Å². The van der Waals surface area contributed by atoms with E-state index in [0.29, 0.717) is 16.1 Å². The van der Waals surface area contributed by atoms with E-state index in [4.69, 9.17) is 11.6 Å². The van der Waals surface area contributed by atoms with Crippen LogP contribution >= 0.6 is 11.6 Å². The van der Waals surface area contributed by atoms with Crippen LogP contribution in [-0.4, -0.2) is 16.7 Å². The predicted octanol–water partition coefficient (Wildman–Crippen LogP) is 3.44. The van der Waals surface area contributed by atoms with Crippen molar-refractivity contribution >= 4 is 23.4 Å². The van der Waals surface area contributed by atoms with E-state index >= 15 is 0 Å². The number of rotatable bonds is 2. The number of hydrogen-bond acceptors (Lipinski definition) is 2. The maximum atomic E-state index is 12.2. The first-order valence-corrected chi connectivity index (χ1v) is 6.66. The Balaban J connectivity index is 1.91. The van der Waals surface area contributed by atoms with Gasteiger partial charge in [0.15, 0.2) is 0 Å². The summed E-state index contributed by atoms with van der Waals surface area (Å²) in [7, 11) is 0. The summed E-state index contributed by atoms with van der Waals surface area (Å²) in [5.41, 5.74) is 2.75. The van der Waals surface area contributed by atoms with Crippen molar-refractivity contribution in [2.24, 2.45) is 0 Å². The number of carbonyl (C=O) groups is 2. The maximum Gasteiger partial charge on any atom is 0.261 e. The largest absolute Gasteiger partial charge is 0.270 e. The second-order valence-corrected chi connectivity index (χ2v) is 5.23. The van der Waals surface area contributed by atoms with Crippen LogP contribution in [0.3, 0.4) is 0 Å². The number of fused-ring (bicyclic) bond motifs is 1. The van der Waals surface area contributed by atoms with Crippen LogP contribution in [0.5, 0.6) is 0 Å². The zero-order valence-electron chi connectivity index (χ0n) is 10.9. The van der Waals surface area contributed by atoms with E-state index < -0.39 is 0 Å². The molecule has 0 fully saturated rings. The first-order chi connectivity index (χ1) is 9.58. The monoisotopic (exact) mass is 285 g/mol. The third-order valence-corrected chi connectivity index (χ3v) is 3.86. The average molecular weight is 286 g/mol. The van der Waals surface area contributed by atoms with Gasteiger partial charge in [0.25, 0.3) is 11.8 Å². The fourth-order valence-electron chi connectivity index (χ4n) is 2.30. The number of carbonyl (C=O) groups excluding carboxylic acids is 2. The highest BCUT2D eigenvalue weighted by molar-refractivity contribution is 6.31. The first kappa shape index (κ1) is 12.9. The maximum absolute atomic E-state index is 12.2. The molecular weight excluding hydrogens is 274 g/mol. The molecule has 0 saturated carbocycles. The summed E-state index contributed by atoms with van der Waals surface area (Å²) in [6, 6.07) is 12.4. The normalized spacial score (nSPS) is 13.8. The number of imide groups is 1. The van der Waals surface area contributed by atoms with Crippen LogP contribution in [0.1, 0.15) is 31.8 Å². The number of amides is 2. The van der Waals surface area contributed by atoms with Gasteiger partial charge in [0.05, 0.1) is 17.7 Å². The predicted molar refractivity (Wildman–Crippen MR) is 76.8 cm³/mol. The van der Waals surface area contributed by atoms with Crippen molar-refractivity contribution in [3.63, 3.8) is 0 Å². The standard InChI is InChI=1S/C16H12ClNO2/c1-10-6-7-11(8-14(10)17)9-18-15(19)12-4-2-3-5-13(12)16(18)20/h2-8H,9H2,1H3. The Kier molecular flexibility index (Phi) is 3.07. The molecule has 0 aliphatic carbocycles. The van der Waals surface area contributed by atoms with E-state index in [9.17, 15) is 9.59 Å². The van der Waals surface area contributed by atoms with Gasteiger partial charge in [0.2, 0.25) is 0 Å². The van der Waals surface area contributed by atoms with Gasteiger partial charge in [-0.3, -0.25) is 14.5 Å². The Morgan fingerprint density at radius 3 is 2.15 bits per heavy atom. The second kappa shape index (κ2) is 4.76. The zero-order chi connectivity index (χ0) is 14.3. The number of halogens is 1. The van der Waals surface area contributed by atoms with Gasteiger partial charge in [0.1, 0.15) is 0 Å². The highest BCUT2D eigenvalue weighted by Crippen LogP contribution is 2.25. The van der Waals surface area contributed by atoms with Crippen molar-refractivity contribution in [1.82, 2.24) is 4.90 Å². The van der Waals surface area contributed by atoms with Gasteiger partial charge < -0.3 is 0 Å². The molecule has 1 heterocycles. The molecule has 3 nitrogen and oxygen atoms in total. The van der Waals surface area contributed by atoms with Crippen molar-refractivity contribution < 1.29 is 9.59 Å². The van der Waals surface area contributed by atoms with E-state index in [1.54, 1.807) is 30.3 Å². The lowest BCUT2D eigenvalue weighted by molar-refractivity contribution is 0.0642. The summed E-state index contributed by atoms with van der Waals surface area (Å²) < 4.78 is 0. The topological polar surface area (TPSA) is 37.4 Å². The Morgan fingerprint density at radius 2 is 1.60 bits per heavy atom. The molecule has 1 aliphatic heterocycles. The molecule has 1 aliphatic rings. The summed E-state index contributed by atoms with van der Waals surface area (Å²) in [6.07, 6.45) is 0. The van der Waals surface area contributed by atoms with Crippen LogP contribution in [0.15, 0.2) is 42.5 Å². The molecule has 3 rings (SSSR count). The fourth-order valence-corrected chi connectivity index (χ4v) is 2.50. The Bertz CT molecular complexity index is 689. The van der Waals surface area contributed by atoms with Gasteiger partial charge >= 0.3 is 0 Å².